The summed E-state index contributed by atoms with van der Waals surface area (Å²) in [7, 11) is 0. The van der Waals surface area contributed by atoms with Gasteiger partial charge in [-0.1, -0.05) is 20.8 Å². The highest BCUT2D eigenvalue weighted by atomic mass is 19.4. The number of rotatable bonds is 4. The van der Waals surface area contributed by atoms with Crippen LogP contribution in [-0.2, 0) is 24.7 Å². The maximum atomic E-state index is 13.5. The van der Waals surface area contributed by atoms with Crippen LogP contribution in [0.4, 0.5) is 13.2 Å². The Morgan fingerprint density at radius 1 is 1.18 bits per heavy atom. The van der Waals surface area contributed by atoms with Gasteiger partial charge >= 0.3 is 6.18 Å². The molecule has 1 amide bonds. The second-order valence-electron chi connectivity index (χ2n) is 7.42. The molecule has 150 valence electrons. The predicted molar refractivity (Wildman–Crippen MR) is 95.8 cm³/mol. The molecule has 3 aromatic rings. The number of hydrogen-bond acceptors (Lipinski definition) is 4. The third-order valence-electron chi connectivity index (χ3n) is 4.17. The first-order chi connectivity index (χ1) is 13.0. The van der Waals surface area contributed by atoms with Crippen molar-refractivity contribution in [3.8, 4) is 0 Å². The van der Waals surface area contributed by atoms with Crippen LogP contribution in [0.2, 0.25) is 0 Å². The molecule has 3 rings (SSSR count). The fourth-order valence-corrected chi connectivity index (χ4v) is 2.61. The highest BCUT2D eigenvalue weighted by Gasteiger charge is 2.36. The summed E-state index contributed by atoms with van der Waals surface area (Å²) in [6.45, 7) is 8.08. The van der Waals surface area contributed by atoms with Gasteiger partial charge < -0.3 is 5.32 Å². The molecule has 0 radical (unpaired) electrons. The zero-order valence-corrected chi connectivity index (χ0v) is 16.0. The zero-order valence-electron chi connectivity index (χ0n) is 16.0. The average molecular weight is 394 g/mol. The van der Waals surface area contributed by atoms with E-state index >= 15 is 0 Å². The summed E-state index contributed by atoms with van der Waals surface area (Å²) in [6, 6.07) is 3.98. The van der Waals surface area contributed by atoms with Crippen molar-refractivity contribution in [1.29, 1.82) is 0 Å². The third kappa shape index (κ3) is 4.00. The highest BCUT2D eigenvalue weighted by Crippen LogP contribution is 2.32. The van der Waals surface area contributed by atoms with E-state index < -0.39 is 23.2 Å². The van der Waals surface area contributed by atoms with Crippen LogP contribution in [0.1, 0.15) is 55.3 Å². The lowest BCUT2D eigenvalue weighted by Gasteiger charge is -2.19. The Morgan fingerprint density at radius 3 is 2.46 bits per heavy atom. The van der Waals surface area contributed by atoms with Crippen molar-refractivity contribution in [2.45, 2.75) is 52.4 Å². The highest BCUT2D eigenvalue weighted by molar-refractivity contribution is 5.93. The predicted octanol–water partition coefficient (Wildman–Crippen LogP) is 3.19. The normalized spacial score (nSPS) is 12.5. The zero-order chi connectivity index (χ0) is 20.7. The molecule has 0 aliphatic carbocycles. The Morgan fingerprint density at radius 2 is 1.89 bits per heavy atom. The molecule has 3 heterocycles. The van der Waals surface area contributed by atoms with Crippen LogP contribution in [0.25, 0.3) is 5.65 Å². The van der Waals surface area contributed by atoms with Gasteiger partial charge in [-0.15, -0.1) is 0 Å². The van der Waals surface area contributed by atoms with Gasteiger partial charge in [0, 0.05) is 24.2 Å². The van der Waals surface area contributed by atoms with E-state index in [1.165, 1.54) is 6.07 Å². The summed E-state index contributed by atoms with van der Waals surface area (Å²) in [4.78, 5) is 16.6. The van der Waals surface area contributed by atoms with E-state index in [1.54, 1.807) is 37.7 Å². The number of fused-ring (bicyclic) bond motifs is 1. The largest absolute Gasteiger partial charge is 0.433 e. The molecule has 0 bridgehead atoms. The van der Waals surface area contributed by atoms with Crippen molar-refractivity contribution in [2.24, 2.45) is 0 Å². The number of carbonyl (C=O) groups is 1. The lowest BCUT2D eigenvalue weighted by Crippen LogP contribution is -2.24. The van der Waals surface area contributed by atoms with Crippen molar-refractivity contribution in [2.75, 3.05) is 0 Å². The first-order valence-corrected chi connectivity index (χ1v) is 8.78. The molecule has 0 unspecified atom stereocenters. The van der Waals surface area contributed by atoms with Gasteiger partial charge in [-0.25, -0.2) is 9.50 Å². The minimum Gasteiger partial charge on any atom is -0.345 e. The summed E-state index contributed by atoms with van der Waals surface area (Å²) in [5, 5.41) is 10.7. The minimum absolute atomic E-state index is 0.0276. The molecule has 0 aromatic carbocycles. The molecule has 0 saturated carbocycles. The maximum absolute atomic E-state index is 13.5. The fourth-order valence-electron chi connectivity index (χ4n) is 2.61. The van der Waals surface area contributed by atoms with Gasteiger partial charge in [-0.05, 0) is 19.1 Å². The second-order valence-corrected chi connectivity index (χ2v) is 7.42. The van der Waals surface area contributed by atoms with Crippen molar-refractivity contribution in [1.82, 2.24) is 29.7 Å². The van der Waals surface area contributed by atoms with E-state index in [1.807, 2.05) is 6.92 Å². The van der Waals surface area contributed by atoms with Crippen LogP contribution in [0.15, 0.2) is 24.4 Å². The number of aromatic nitrogens is 5. The summed E-state index contributed by atoms with van der Waals surface area (Å²) in [6.07, 6.45) is -2.85. The molecule has 0 aliphatic heterocycles. The number of amides is 1. The Kier molecular flexibility index (Phi) is 4.90. The van der Waals surface area contributed by atoms with Crippen LogP contribution >= 0.6 is 0 Å². The fraction of sp³-hybridized carbons (Fsp3) is 0.444. The standard InChI is InChI=1S/C18H21F3N6O/c1-5-26-7-6-11(24-26)10-22-16(28)12-8-15-23-13(17(2,3)4)9-14(18(19,20)21)27(15)25-12/h6-9H,5,10H2,1-4H3,(H,22,28). The Bertz CT molecular complexity index is 1010. The molecular formula is C18H21F3N6O. The van der Waals surface area contributed by atoms with Gasteiger partial charge in [0.15, 0.2) is 11.3 Å². The molecule has 1 N–H and O–H groups in total. The lowest BCUT2D eigenvalue weighted by molar-refractivity contribution is -0.142. The van der Waals surface area contributed by atoms with Gasteiger partial charge in [-0.3, -0.25) is 9.48 Å². The van der Waals surface area contributed by atoms with E-state index in [4.69, 9.17) is 0 Å². The van der Waals surface area contributed by atoms with Gasteiger partial charge in [0.05, 0.1) is 17.9 Å². The van der Waals surface area contributed by atoms with E-state index in [0.717, 1.165) is 6.07 Å². The molecule has 0 aliphatic rings. The minimum atomic E-state index is -4.63. The van der Waals surface area contributed by atoms with Crippen LogP contribution in [0, 0.1) is 0 Å². The van der Waals surface area contributed by atoms with Gasteiger partial charge in [0.2, 0.25) is 0 Å². The van der Waals surface area contributed by atoms with Crippen molar-refractivity contribution >= 4 is 11.6 Å². The van der Waals surface area contributed by atoms with Crippen LogP contribution in [0.3, 0.4) is 0 Å². The maximum Gasteiger partial charge on any atom is 0.433 e. The molecule has 0 saturated heterocycles. The van der Waals surface area contributed by atoms with Crippen molar-refractivity contribution in [3.05, 3.63) is 47.2 Å². The van der Waals surface area contributed by atoms with Gasteiger partial charge in [0.25, 0.3) is 5.91 Å². The Balaban J connectivity index is 1.92. The molecule has 10 heteroatoms. The number of nitrogens with one attached hydrogen (secondary N) is 1. The summed E-state index contributed by atoms with van der Waals surface area (Å²) < 4.78 is 42.9. The quantitative estimate of drug-likeness (QED) is 0.737. The monoisotopic (exact) mass is 394 g/mol. The number of aryl methyl sites for hydroxylation is 1. The number of alkyl halides is 3. The smallest absolute Gasteiger partial charge is 0.345 e. The molecule has 0 fully saturated rings. The SMILES string of the molecule is CCn1ccc(CNC(=O)c2cc3nc(C(C)(C)C)cc(C(F)(F)F)n3n2)n1. The molecule has 0 atom stereocenters. The molecule has 0 spiro atoms. The molecular weight excluding hydrogens is 373 g/mol. The van der Waals surface area contributed by atoms with E-state index in [-0.39, 0.29) is 23.6 Å². The van der Waals surface area contributed by atoms with E-state index in [9.17, 15) is 18.0 Å². The second kappa shape index (κ2) is 6.92. The first kappa shape index (κ1) is 19.8. The lowest BCUT2D eigenvalue weighted by atomic mass is 9.91. The molecule has 28 heavy (non-hydrogen) atoms. The van der Waals surface area contributed by atoms with Gasteiger partial charge in [-0.2, -0.15) is 23.4 Å². The van der Waals surface area contributed by atoms with E-state index in [2.05, 4.69) is 20.5 Å². The number of nitrogens with zero attached hydrogens (tertiary/aromatic N) is 5. The molecule has 3 aromatic heterocycles. The molecule has 7 nitrogen and oxygen atoms in total. The number of halogens is 3. The van der Waals surface area contributed by atoms with E-state index in [0.29, 0.717) is 16.8 Å². The van der Waals surface area contributed by atoms with Crippen LogP contribution in [-0.4, -0.2) is 30.3 Å². The Labute approximate surface area is 159 Å². The number of carbonyl (C=O) groups excluding carboxylic acids is 1. The summed E-state index contributed by atoms with van der Waals surface area (Å²) in [5.41, 5.74) is -0.818. The van der Waals surface area contributed by atoms with Crippen LogP contribution < -0.4 is 5.32 Å². The third-order valence-corrected chi connectivity index (χ3v) is 4.17. The first-order valence-electron chi connectivity index (χ1n) is 8.78. The average Bonchev–Trinajstić information content (AvgIpc) is 3.23. The van der Waals surface area contributed by atoms with Crippen LogP contribution in [0.5, 0.6) is 0 Å². The van der Waals surface area contributed by atoms with Crippen molar-refractivity contribution < 1.29 is 18.0 Å². The summed E-state index contributed by atoms with van der Waals surface area (Å²) in [5.74, 6) is -0.595. The summed E-state index contributed by atoms with van der Waals surface area (Å²) >= 11 is 0. The topological polar surface area (TPSA) is 77.1 Å². The van der Waals surface area contributed by atoms with Crippen molar-refractivity contribution in [3.63, 3.8) is 0 Å². The Hall–Kier alpha value is -2.91. The number of hydrogen-bond donors (Lipinski definition) is 1. The van der Waals surface area contributed by atoms with Gasteiger partial charge in [0.1, 0.15) is 5.69 Å².